The predicted octanol–water partition coefficient (Wildman–Crippen LogP) is -1.38. The molecule has 1 saturated carbocycles. The number of rotatable bonds is 61. The van der Waals surface area contributed by atoms with Gasteiger partial charge < -0.3 is 170 Å². The molecule has 24 N–H and O–H groups in total. The van der Waals surface area contributed by atoms with Crippen LogP contribution in [0.25, 0.3) is 0 Å². The Hall–Kier alpha value is -2.53. The van der Waals surface area contributed by atoms with Crippen molar-refractivity contribution in [3.05, 3.63) is 0 Å². The molecule has 1 aliphatic carbocycles. The third-order valence-corrected chi connectivity index (χ3v) is 25.0. The number of hydrogen-bond donors (Lipinski definition) is 22. The van der Waals surface area contributed by atoms with E-state index in [9.17, 15) is 120 Å². The number of ether oxygens (including phenoxy) is 12. The molecule has 0 radical (unpaired) electrons. The number of esters is 2. The molecule has 2 unspecified atom stereocenters. The zero-order chi connectivity index (χ0) is 91.2. The van der Waals surface area contributed by atoms with Gasteiger partial charge in [-0.3, -0.25) is 32.5 Å². The lowest BCUT2D eigenvalue weighted by Crippen LogP contribution is -2.70. The minimum absolute atomic E-state index is 0.0135. The Bertz CT molecular complexity index is 3030. The Morgan fingerprint density at radius 1 is 0.379 bits per heavy atom. The first-order chi connectivity index (χ1) is 59.2. The van der Waals surface area contributed by atoms with Crippen molar-refractivity contribution in [2.75, 3.05) is 59.4 Å². The van der Waals surface area contributed by atoms with Gasteiger partial charge in [-0.15, -0.1) is 0 Å². The van der Waals surface area contributed by atoms with Gasteiger partial charge in [-0.2, -0.15) is 0 Å². The monoisotopic (exact) mass is 1840 g/mol. The van der Waals surface area contributed by atoms with Gasteiger partial charge in [0.15, 0.2) is 37.6 Å². The van der Waals surface area contributed by atoms with Gasteiger partial charge in [0.1, 0.15) is 159 Å². The molecule has 728 valence electrons. The molecular formula is C79H147N3O40P2. The summed E-state index contributed by atoms with van der Waals surface area (Å²) in [4.78, 5) is 60.6. The third kappa shape index (κ3) is 35.5. The van der Waals surface area contributed by atoms with Crippen LogP contribution in [0.3, 0.4) is 0 Å². The van der Waals surface area contributed by atoms with E-state index in [0.29, 0.717) is 19.3 Å². The second kappa shape index (κ2) is 57.8. The molecule has 6 fully saturated rings. The maximum Gasteiger partial charge on any atom is 0.472 e. The zero-order valence-corrected chi connectivity index (χ0v) is 73.4. The lowest BCUT2D eigenvalue weighted by molar-refractivity contribution is -0.385. The molecule has 5 saturated heterocycles. The van der Waals surface area contributed by atoms with Gasteiger partial charge in [0.25, 0.3) is 0 Å². The number of carbonyl (C=O) groups is 3. The Kier molecular flexibility index (Phi) is 51.4. The van der Waals surface area contributed by atoms with E-state index < -0.39 is 282 Å². The first-order valence-corrected chi connectivity index (χ1v) is 47.4. The Morgan fingerprint density at radius 2 is 0.766 bits per heavy atom. The maximum absolute atomic E-state index is 14.1. The summed E-state index contributed by atoms with van der Waals surface area (Å²) in [6.45, 7) is -2.31. The van der Waals surface area contributed by atoms with E-state index in [4.69, 9.17) is 81.9 Å². The molecule has 0 aromatic heterocycles. The highest BCUT2D eigenvalue weighted by molar-refractivity contribution is 7.47. The molecule has 0 aromatic carbocycles. The number of carbonyl (C=O) groups excluding carboxylic acids is 3. The van der Waals surface area contributed by atoms with E-state index in [-0.39, 0.29) is 19.4 Å². The van der Waals surface area contributed by atoms with Crippen molar-refractivity contribution >= 4 is 33.5 Å². The molecule has 43 nitrogen and oxygen atoms in total. The van der Waals surface area contributed by atoms with Crippen LogP contribution in [-0.4, -0.2) is 370 Å². The van der Waals surface area contributed by atoms with Crippen LogP contribution in [0, 0.1) is 0 Å². The molecule has 6 rings (SSSR count). The molecule has 1 amide bonds. The van der Waals surface area contributed by atoms with Crippen molar-refractivity contribution in [2.24, 2.45) is 11.5 Å². The third-order valence-electron chi connectivity index (χ3n) is 23.1. The molecule has 124 heavy (non-hydrogen) atoms. The molecule has 0 aromatic rings. The number of aliphatic hydroxyl groups excluding tert-OH is 17. The van der Waals surface area contributed by atoms with E-state index >= 15 is 0 Å². The van der Waals surface area contributed by atoms with E-state index in [1.165, 1.54) is 109 Å². The zero-order valence-electron chi connectivity index (χ0n) is 71.6. The number of unbranched alkanes of at least 4 members (excludes halogenated alkanes) is 28. The van der Waals surface area contributed by atoms with Crippen molar-refractivity contribution in [3.8, 4) is 0 Å². The van der Waals surface area contributed by atoms with Crippen molar-refractivity contribution in [1.29, 1.82) is 0 Å². The van der Waals surface area contributed by atoms with Crippen LogP contribution in [0.5, 0.6) is 0 Å². The lowest BCUT2D eigenvalue weighted by atomic mass is 9.84. The van der Waals surface area contributed by atoms with Gasteiger partial charge in [-0.05, 0) is 12.8 Å². The van der Waals surface area contributed by atoms with E-state index in [1.807, 2.05) is 0 Å². The van der Waals surface area contributed by atoms with Crippen LogP contribution in [0.2, 0.25) is 0 Å². The minimum atomic E-state index is -5.67. The summed E-state index contributed by atoms with van der Waals surface area (Å²) in [6, 6.07) is -3.76. The van der Waals surface area contributed by atoms with Crippen molar-refractivity contribution in [2.45, 2.75) is 422 Å². The molecule has 34 atom stereocenters. The first-order valence-electron chi connectivity index (χ1n) is 44.4. The summed E-state index contributed by atoms with van der Waals surface area (Å²) in [5.41, 5.74) is 11.9. The van der Waals surface area contributed by atoms with Crippen molar-refractivity contribution in [3.63, 3.8) is 0 Å². The summed E-state index contributed by atoms with van der Waals surface area (Å²) < 4.78 is 117. The van der Waals surface area contributed by atoms with Crippen LogP contribution in [0.15, 0.2) is 0 Å². The largest absolute Gasteiger partial charge is 0.472 e. The summed E-state index contributed by atoms with van der Waals surface area (Å²) in [6.07, 6.45) is -31.0. The van der Waals surface area contributed by atoms with Crippen LogP contribution in [-0.2, 0) is 98.5 Å². The maximum atomic E-state index is 14.1. The Balaban J connectivity index is 1.16. The molecule has 0 spiro atoms. The average Bonchev–Trinajstić information content (AvgIpc) is 0.767. The molecule has 0 bridgehead atoms. The highest BCUT2D eigenvalue weighted by Crippen LogP contribution is 2.49. The van der Waals surface area contributed by atoms with Crippen molar-refractivity contribution in [1.82, 2.24) is 5.32 Å². The van der Waals surface area contributed by atoms with Crippen LogP contribution in [0.1, 0.15) is 226 Å². The van der Waals surface area contributed by atoms with Gasteiger partial charge in [-0.1, -0.05) is 194 Å². The number of amides is 1. The highest BCUT2D eigenvalue weighted by Gasteiger charge is 2.59. The molecule has 5 heterocycles. The SMILES string of the molecule is CCCCCCCCCCCCCCCCCC(=O)OC[C@H](COP(=O)(O)O[C@@H]1[C@H](O)[C@H](O)[C@@H](O)[C@H](O)[C@H]1O[C@H]1O[C@H](CO)[C@@H](O[C@H]2O[C@H](CO[C@H]3O[C@H](CO)[C@@H](O)[C@H](O)[C@@H]3O[C@H]3O[C@H](COP(=O)(O)OCCN)[C@@H](O)[C@H](O)[C@@H]3O)[C@@H](O[C@@H]3O[C@H](CO)[C@H](O)[C@H](O)[C@H]3NC(C)=O)[C@H](O)[C@@H]2O)[C@H](O)[C@H]1N)OC(=O)CCCCCCCCCCCCCCCCC. The van der Waals surface area contributed by atoms with E-state index in [0.717, 1.165) is 71.1 Å². The fourth-order valence-corrected chi connectivity index (χ4v) is 17.4. The topological polar surface area (TPSA) is 681 Å². The van der Waals surface area contributed by atoms with E-state index in [1.54, 1.807) is 0 Å². The fraction of sp³-hybridized carbons (Fsp3) is 0.962. The summed E-state index contributed by atoms with van der Waals surface area (Å²) in [5.74, 6) is -2.25. The second-order valence-corrected chi connectivity index (χ2v) is 35.9. The molecule has 5 aliphatic heterocycles. The lowest BCUT2D eigenvalue weighted by Gasteiger charge is -2.50. The van der Waals surface area contributed by atoms with Gasteiger partial charge in [0.05, 0.1) is 52.3 Å². The number of phosphoric ester groups is 2. The standard InChI is InChI=1S/C79H147N3O40P2/c1-4-6-8-10-12-14-16-18-20-22-24-26-28-30-32-34-52(87)107-41-46(112-53(88)35-33-31-29-27-25-23-21-19-17-15-13-11-9-7-5-2)42-110-124(105,106)122-73-66(99)63(96)62(95)65(98)72(73)120-75-54(81)59(92)70(49(40-85)115-75)119-78-69(102)67(100)71(118-76-55(82-45(3)86)60(93)56(89)47(38-83)113-76)51(117-78)43-108-79-74(64(97)57(90)48(39-84)114-79)121-77-68(101)61(94)58(91)50(116-77)44-111-123(103,104)109-37-36-80/h46-51,54-79,83-85,89-102H,4-44,80-81H2,1-3H3,(H,82,86)(H,103,104)(H,105,106)/t46-,47-,48-,49-,50-,51-,54-,55-,56+,57-,58-,59-,60-,61+,62-,63-,64+,65+,66-,67-,68+,69+,70-,71-,72-,73-,74+,75-,76+,77-,78-,79+/m1/s1. The number of aliphatic hydroxyl groups is 17. The van der Waals surface area contributed by atoms with Gasteiger partial charge in [-0.25, -0.2) is 9.13 Å². The number of phosphoric acid groups is 2. The summed E-state index contributed by atoms with van der Waals surface area (Å²) in [5, 5.41) is 192. The van der Waals surface area contributed by atoms with Gasteiger partial charge in [0, 0.05) is 26.3 Å². The van der Waals surface area contributed by atoms with Gasteiger partial charge >= 0.3 is 27.6 Å². The average molecular weight is 1840 g/mol. The molecule has 6 aliphatic rings. The molecular weight excluding hydrogens is 1690 g/mol. The fourth-order valence-electron chi connectivity index (χ4n) is 15.7. The predicted molar refractivity (Wildman–Crippen MR) is 431 cm³/mol. The first kappa shape index (κ1) is 110. The normalized spacial score (nSPS) is 36.1. The smallest absolute Gasteiger partial charge is 0.462 e. The van der Waals surface area contributed by atoms with Crippen molar-refractivity contribution < 1.29 is 195 Å². The quantitative estimate of drug-likeness (QED) is 0.0189. The highest BCUT2D eigenvalue weighted by atomic mass is 31.2. The Morgan fingerprint density at radius 3 is 1.27 bits per heavy atom. The number of nitrogens with one attached hydrogen (secondary N) is 1. The van der Waals surface area contributed by atoms with Gasteiger partial charge in [0.2, 0.25) is 5.91 Å². The molecule has 45 heteroatoms. The summed E-state index contributed by atoms with van der Waals surface area (Å²) >= 11 is 0. The minimum Gasteiger partial charge on any atom is -0.462 e. The van der Waals surface area contributed by atoms with E-state index in [2.05, 4.69) is 23.7 Å². The Labute approximate surface area is 724 Å². The van der Waals surface area contributed by atoms with Crippen LogP contribution < -0.4 is 16.8 Å². The summed E-state index contributed by atoms with van der Waals surface area (Å²) in [7, 11) is -10.6. The van der Waals surface area contributed by atoms with Crippen LogP contribution >= 0.6 is 15.6 Å². The number of hydrogen-bond acceptors (Lipinski definition) is 40. The van der Waals surface area contributed by atoms with Crippen LogP contribution in [0.4, 0.5) is 0 Å². The number of nitrogens with two attached hydrogens (primary N) is 2. The second-order valence-electron chi connectivity index (χ2n) is 33.1.